The van der Waals surface area contributed by atoms with E-state index in [1.165, 1.54) is 6.07 Å². The number of ether oxygens (including phenoxy) is 1. The molecule has 2 aliphatic heterocycles. The molecule has 0 radical (unpaired) electrons. The first-order chi connectivity index (χ1) is 12.4. The lowest BCUT2D eigenvalue weighted by atomic mass is 10.1. The van der Waals surface area contributed by atoms with Gasteiger partial charge in [-0.3, -0.25) is 4.79 Å². The molecular formula is C19H28N2O4S. The highest BCUT2D eigenvalue weighted by molar-refractivity contribution is 7.89. The first kappa shape index (κ1) is 19.3. The topological polar surface area (TPSA) is 66.9 Å². The standard InChI is InChI=1S/C19H28N2O4S/c1-15-14-25-16(2)13-21(15)19(22)17-8-7-9-18(12-17)26(23,24)20-10-5-3-4-6-11-20/h7-9,12,15-16H,3-6,10-11,13-14H2,1-2H3. The van der Waals surface area contributed by atoms with Crippen molar-refractivity contribution < 1.29 is 17.9 Å². The molecule has 0 bridgehead atoms. The van der Waals surface area contributed by atoms with E-state index in [9.17, 15) is 13.2 Å². The quantitative estimate of drug-likeness (QED) is 0.808. The zero-order chi connectivity index (χ0) is 18.7. The van der Waals surface area contributed by atoms with Crippen LogP contribution in [0.1, 0.15) is 49.9 Å². The minimum absolute atomic E-state index is 0.0147. The van der Waals surface area contributed by atoms with Gasteiger partial charge in [-0.2, -0.15) is 4.31 Å². The SMILES string of the molecule is CC1CN(C(=O)c2cccc(S(=O)(=O)N3CCCCCC3)c2)C(C)CO1. The molecule has 2 unspecified atom stereocenters. The molecular weight excluding hydrogens is 352 g/mol. The number of morpholine rings is 1. The van der Waals surface area contributed by atoms with Gasteiger partial charge in [0.1, 0.15) is 0 Å². The molecule has 0 N–H and O–H groups in total. The summed E-state index contributed by atoms with van der Waals surface area (Å²) >= 11 is 0. The van der Waals surface area contributed by atoms with Crippen LogP contribution in [0, 0.1) is 0 Å². The molecule has 2 aliphatic rings. The number of hydrogen-bond donors (Lipinski definition) is 0. The minimum Gasteiger partial charge on any atom is -0.375 e. The lowest BCUT2D eigenvalue weighted by Gasteiger charge is -2.36. The Balaban J connectivity index is 1.84. The van der Waals surface area contributed by atoms with E-state index >= 15 is 0 Å². The van der Waals surface area contributed by atoms with Gasteiger partial charge in [0, 0.05) is 25.2 Å². The molecule has 0 aromatic heterocycles. The molecule has 0 spiro atoms. The molecule has 0 saturated carbocycles. The third kappa shape index (κ3) is 4.10. The third-order valence-electron chi connectivity index (χ3n) is 5.15. The monoisotopic (exact) mass is 380 g/mol. The average molecular weight is 381 g/mol. The van der Waals surface area contributed by atoms with Crippen LogP contribution < -0.4 is 0 Å². The van der Waals surface area contributed by atoms with E-state index in [0.717, 1.165) is 25.7 Å². The van der Waals surface area contributed by atoms with Crippen molar-refractivity contribution in [2.75, 3.05) is 26.2 Å². The summed E-state index contributed by atoms with van der Waals surface area (Å²) < 4.78 is 33.1. The number of carbonyl (C=O) groups is 1. The van der Waals surface area contributed by atoms with Gasteiger partial charge in [-0.25, -0.2) is 8.42 Å². The predicted octanol–water partition coefficient (Wildman–Crippen LogP) is 2.50. The van der Waals surface area contributed by atoms with Gasteiger partial charge in [0.05, 0.1) is 23.6 Å². The maximum atomic E-state index is 13.0. The summed E-state index contributed by atoms with van der Waals surface area (Å²) in [5, 5.41) is 0. The van der Waals surface area contributed by atoms with Gasteiger partial charge in [0.15, 0.2) is 0 Å². The van der Waals surface area contributed by atoms with Gasteiger partial charge in [0.2, 0.25) is 10.0 Å². The van der Waals surface area contributed by atoms with Crippen molar-refractivity contribution in [3.05, 3.63) is 29.8 Å². The molecule has 26 heavy (non-hydrogen) atoms. The van der Waals surface area contributed by atoms with E-state index in [1.807, 2.05) is 13.8 Å². The van der Waals surface area contributed by atoms with E-state index in [0.29, 0.717) is 31.8 Å². The summed E-state index contributed by atoms with van der Waals surface area (Å²) in [6.07, 6.45) is 3.90. The van der Waals surface area contributed by atoms with Crippen LogP contribution in [0.15, 0.2) is 29.2 Å². The molecule has 0 aliphatic carbocycles. The molecule has 144 valence electrons. The number of benzene rings is 1. The second-order valence-electron chi connectivity index (χ2n) is 7.30. The lowest BCUT2D eigenvalue weighted by Crippen LogP contribution is -2.50. The van der Waals surface area contributed by atoms with Crippen LogP contribution in [-0.2, 0) is 14.8 Å². The van der Waals surface area contributed by atoms with Crippen molar-refractivity contribution in [3.8, 4) is 0 Å². The highest BCUT2D eigenvalue weighted by Crippen LogP contribution is 2.23. The zero-order valence-corrected chi connectivity index (χ0v) is 16.4. The Labute approximate surface area is 156 Å². The molecule has 2 heterocycles. The number of sulfonamides is 1. The van der Waals surface area contributed by atoms with Gasteiger partial charge < -0.3 is 9.64 Å². The Morgan fingerprint density at radius 1 is 1.12 bits per heavy atom. The van der Waals surface area contributed by atoms with Gasteiger partial charge in [-0.1, -0.05) is 18.9 Å². The first-order valence-corrected chi connectivity index (χ1v) is 10.9. The molecule has 1 aromatic carbocycles. The molecule has 1 aromatic rings. The number of carbonyl (C=O) groups excluding carboxylic acids is 1. The van der Waals surface area contributed by atoms with Crippen LogP contribution in [0.3, 0.4) is 0 Å². The van der Waals surface area contributed by atoms with E-state index in [2.05, 4.69) is 0 Å². The second-order valence-corrected chi connectivity index (χ2v) is 9.23. The second kappa shape index (κ2) is 8.06. The fourth-order valence-electron chi connectivity index (χ4n) is 3.57. The molecule has 2 saturated heterocycles. The van der Waals surface area contributed by atoms with Gasteiger partial charge in [-0.15, -0.1) is 0 Å². The highest BCUT2D eigenvalue weighted by Gasteiger charge is 2.30. The molecule has 1 amide bonds. The van der Waals surface area contributed by atoms with E-state index in [4.69, 9.17) is 4.74 Å². The van der Waals surface area contributed by atoms with E-state index in [1.54, 1.807) is 27.4 Å². The normalized spacial score (nSPS) is 25.7. The summed E-state index contributed by atoms with van der Waals surface area (Å²) in [6.45, 7) is 6.01. The Bertz CT molecular complexity index is 742. The summed E-state index contributed by atoms with van der Waals surface area (Å²) in [5.41, 5.74) is 0.418. The Morgan fingerprint density at radius 3 is 2.50 bits per heavy atom. The first-order valence-electron chi connectivity index (χ1n) is 9.42. The van der Waals surface area contributed by atoms with Crippen LogP contribution in [0.25, 0.3) is 0 Å². The molecule has 2 atom stereocenters. The minimum atomic E-state index is -3.56. The zero-order valence-electron chi connectivity index (χ0n) is 15.6. The molecule has 3 rings (SSSR count). The van der Waals surface area contributed by atoms with Crippen LogP contribution in [0.5, 0.6) is 0 Å². The smallest absolute Gasteiger partial charge is 0.254 e. The van der Waals surface area contributed by atoms with Crippen molar-refractivity contribution in [2.24, 2.45) is 0 Å². The van der Waals surface area contributed by atoms with Gasteiger partial charge in [-0.05, 0) is 44.9 Å². The number of amides is 1. The summed E-state index contributed by atoms with van der Waals surface area (Å²) in [6, 6.07) is 6.44. The predicted molar refractivity (Wildman–Crippen MR) is 99.6 cm³/mol. The van der Waals surface area contributed by atoms with E-state index in [-0.39, 0.29) is 22.9 Å². The fraction of sp³-hybridized carbons (Fsp3) is 0.632. The molecule has 6 nitrogen and oxygen atoms in total. The Kier molecular flexibility index (Phi) is 5.99. The maximum Gasteiger partial charge on any atom is 0.254 e. The third-order valence-corrected chi connectivity index (χ3v) is 7.05. The van der Waals surface area contributed by atoms with Crippen molar-refractivity contribution >= 4 is 15.9 Å². The van der Waals surface area contributed by atoms with Gasteiger partial charge >= 0.3 is 0 Å². The summed E-state index contributed by atoms with van der Waals surface area (Å²) in [5.74, 6) is -0.138. The lowest BCUT2D eigenvalue weighted by molar-refractivity contribution is -0.0387. The average Bonchev–Trinajstić information content (AvgIpc) is 2.93. The number of hydrogen-bond acceptors (Lipinski definition) is 4. The van der Waals surface area contributed by atoms with Crippen LogP contribution in [-0.4, -0.2) is 61.9 Å². The van der Waals surface area contributed by atoms with Crippen LogP contribution in [0.4, 0.5) is 0 Å². The van der Waals surface area contributed by atoms with E-state index < -0.39 is 10.0 Å². The summed E-state index contributed by atoms with van der Waals surface area (Å²) in [7, 11) is -3.56. The van der Waals surface area contributed by atoms with Crippen LogP contribution in [0.2, 0.25) is 0 Å². The maximum absolute atomic E-state index is 13.0. The number of nitrogens with zero attached hydrogens (tertiary/aromatic N) is 2. The van der Waals surface area contributed by atoms with Gasteiger partial charge in [0.25, 0.3) is 5.91 Å². The largest absolute Gasteiger partial charge is 0.375 e. The van der Waals surface area contributed by atoms with Crippen molar-refractivity contribution in [2.45, 2.75) is 56.6 Å². The Hall–Kier alpha value is -1.44. The Morgan fingerprint density at radius 2 is 1.81 bits per heavy atom. The fourth-order valence-corrected chi connectivity index (χ4v) is 5.14. The molecule has 7 heteroatoms. The molecule has 2 fully saturated rings. The summed E-state index contributed by atoms with van der Waals surface area (Å²) in [4.78, 5) is 14.9. The number of rotatable bonds is 3. The van der Waals surface area contributed by atoms with Crippen molar-refractivity contribution in [3.63, 3.8) is 0 Å². The van der Waals surface area contributed by atoms with Crippen LogP contribution >= 0.6 is 0 Å². The van der Waals surface area contributed by atoms with Crippen molar-refractivity contribution in [1.82, 2.24) is 9.21 Å². The van der Waals surface area contributed by atoms with Crippen molar-refractivity contribution in [1.29, 1.82) is 0 Å². The highest BCUT2D eigenvalue weighted by atomic mass is 32.2.